The van der Waals surface area contributed by atoms with E-state index in [9.17, 15) is 22.8 Å². The summed E-state index contributed by atoms with van der Waals surface area (Å²) in [6.07, 6.45) is -3.62. The highest BCUT2D eigenvalue weighted by Gasteiger charge is 2.34. The second-order valence-corrected chi connectivity index (χ2v) is 3.11. The van der Waals surface area contributed by atoms with Crippen LogP contribution < -0.4 is 5.32 Å². The SMILES string of the molecule is CC(=O)Nc1ccc(N=C=O)c(C(F)(F)F)c1. The minimum atomic E-state index is -4.66. The number of rotatable bonds is 2. The van der Waals surface area contributed by atoms with E-state index in [1.54, 1.807) is 0 Å². The molecule has 1 aromatic rings. The molecule has 1 aromatic carbocycles. The maximum atomic E-state index is 12.6. The van der Waals surface area contributed by atoms with E-state index in [0.29, 0.717) is 6.07 Å². The van der Waals surface area contributed by atoms with Gasteiger partial charge in [0.25, 0.3) is 0 Å². The first-order chi connectivity index (χ1) is 7.84. The van der Waals surface area contributed by atoms with E-state index in [2.05, 4.69) is 10.3 Å². The van der Waals surface area contributed by atoms with Gasteiger partial charge in [-0.25, -0.2) is 4.79 Å². The lowest BCUT2D eigenvalue weighted by Gasteiger charge is -2.11. The van der Waals surface area contributed by atoms with Crippen LogP contribution in [0.15, 0.2) is 23.2 Å². The highest BCUT2D eigenvalue weighted by Crippen LogP contribution is 2.37. The van der Waals surface area contributed by atoms with Gasteiger partial charge >= 0.3 is 6.18 Å². The van der Waals surface area contributed by atoms with E-state index < -0.39 is 23.3 Å². The number of amides is 1. The van der Waals surface area contributed by atoms with Crippen molar-refractivity contribution in [1.29, 1.82) is 0 Å². The van der Waals surface area contributed by atoms with E-state index in [1.807, 2.05) is 0 Å². The Kier molecular flexibility index (Phi) is 3.65. The average molecular weight is 244 g/mol. The lowest BCUT2D eigenvalue weighted by molar-refractivity contribution is -0.137. The first-order valence-electron chi connectivity index (χ1n) is 4.41. The monoisotopic (exact) mass is 244 g/mol. The molecule has 0 fully saturated rings. The topological polar surface area (TPSA) is 58.5 Å². The summed E-state index contributed by atoms with van der Waals surface area (Å²) in [5, 5.41) is 2.21. The number of anilines is 1. The second-order valence-electron chi connectivity index (χ2n) is 3.11. The molecule has 0 saturated carbocycles. The molecule has 0 bridgehead atoms. The number of benzene rings is 1. The molecule has 0 unspecified atom stereocenters. The molecule has 0 aliphatic carbocycles. The number of alkyl halides is 3. The first kappa shape index (κ1) is 12.9. The van der Waals surface area contributed by atoms with Crippen molar-refractivity contribution >= 4 is 23.4 Å². The van der Waals surface area contributed by atoms with Crippen molar-refractivity contribution in [2.45, 2.75) is 13.1 Å². The molecular formula is C10H7F3N2O2. The van der Waals surface area contributed by atoms with Crippen LogP contribution in [0.2, 0.25) is 0 Å². The first-order valence-corrected chi connectivity index (χ1v) is 4.41. The quantitative estimate of drug-likeness (QED) is 0.642. The molecule has 0 heterocycles. The Morgan fingerprint density at radius 1 is 1.41 bits per heavy atom. The molecule has 1 amide bonds. The van der Waals surface area contributed by atoms with Gasteiger partial charge in [0, 0.05) is 12.6 Å². The van der Waals surface area contributed by atoms with Crippen LogP contribution in [0, 0.1) is 0 Å². The molecule has 17 heavy (non-hydrogen) atoms. The van der Waals surface area contributed by atoms with Crippen LogP contribution in [0.4, 0.5) is 24.5 Å². The van der Waals surface area contributed by atoms with Gasteiger partial charge in [-0.15, -0.1) is 0 Å². The van der Waals surface area contributed by atoms with Crippen LogP contribution in [0.1, 0.15) is 12.5 Å². The highest BCUT2D eigenvalue weighted by atomic mass is 19.4. The van der Waals surface area contributed by atoms with Gasteiger partial charge in [-0.1, -0.05) is 0 Å². The molecule has 0 aromatic heterocycles. The van der Waals surface area contributed by atoms with Crippen LogP contribution in [0.25, 0.3) is 0 Å². The third kappa shape index (κ3) is 3.42. The number of nitrogens with one attached hydrogen (secondary N) is 1. The van der Waals surface area contributed by atoms with Gasteiger partial charge in [0.15, 0.2) is 0 Å². The Labute approximate surface area is 94.2 Å². The van der Waals surface area contributed by atoms with E-state index in [-0.39, 0.29) is 5.69 Å². The van der Waals surface area contributed by atoms with Gasteiger partial charge in [0.05, 0.1) is 11.3 Å². The molecule has 0 atom stereocenters. The Hall–Kier alpha value is -2.14. The number of isocyanates is 1. The molecule has 0 aliphatic heterocycles. The minimum absolute atomic E-state index is 0.0188. The normalized spacial score (nSPS) is 10.6. The summed E-state index contributed by atoms with van der Waals surface area (Å²) < 4.78 is 37.8. The van der Waals surface area contributed by atoms with Crippen LogP contribution in [-0.4, -0.2) is 12.0 Å². The molecule has 0 aliphatic rings. The Balaban J connectivity index is 3.29. The minimum Gasteiger partial charge on any atom is -0.326 e. The molecule has 0 saturated heterocycles. The van der Waals surface area contributed by atoms with Gasteiger partial charge in [-0.05, 0) is 18.2 Å². The van der Waals surface area contributed by atoms with Crippen molar-refractivity contribution in [3.63, 3.8) is 0 Å². The third-order valence-corrected chi connectivity index (χ3v) is 1.79. The van der Waals surface area contributed by atoms with Gasteiger partial charge in [0.2, 0.25) is 12.0 Å². The molecule has 1 N–H and O–H groups in total. The average Bonchev–Trinajstić information content (AvgIpc) is 2.18. The molecule has 0 radical (unpaired) electrons. The summed E-state index contributed by atoms with van der Waals surface area (Å²) in [4.78, 5) is 23.6. The van der Waals surface area contributed by atoms with Crippen molar-refractivity contribution in [3.05, 3.63) is 23.8 Å². The third-order valence-electron chi connectivity index (χ3n) is 1.79. The van der Waals surface area contributed by atoms with Crippen molar-refractivity contribution in [3.8, 4) is 0 Å². The van der Waals surface area contributed by atoms with Crippen molar-refractivity contribution < 1.29 is 22.8 Å². The predicted octanol–water partition coefficient (Wildman–Crippen LogP) is 2.63. The van der Waals surface area contributed by atoms with Crippen molar-refractivity contribution in [1.82, 2.24) is 0 Å². The number of carbonyl (C=O) groups excluding carboxylic acids is 2. The molecule has 7 heteroatoms. The number of hydrogen-bond acceptors (Lipinski definition) is 3. The van der Waals surface area contributed by atoms with E-state index in [4.69, 9.17) is 0 Å². The molecule has 90 valence electrons. The number of hydrogen-bond donors (Lipinski definition) is 1. The van der Waals surface area contributed by atoms with Gasteiger partial charge < -0.3 is 5.32 Å². The molecule has 0 spiro atoms. The van der Waals surface area contributed by atoms with Crippen LogP contribution in [0.5, 0.6) is 0 Å². The summed E-state index contributed by atoms with van der Waals surface area (Å²) in [5.41, 5.74) is -1.66. The van der Waals surface area contributed by atoms with Crippen LogP contribution >= 0.6 is 0 Å². The summed E-state index contributed by atoms with van der Waals surface area (Å²) in [6.45, 7) is 1.17. The van der Waals surface area contributed by atoms with E-state index in [1.165, 1.54) is 13.0 Å². The van der Waals surface area contributed by atoms with E-state index in [0.717, 1.165) is 12.1 Å². The second kappa shape index (κ2) is 4.80. The summed E-state index contributed by atoms with van der Waals surface area (Å²) >= 11 is 0. The summed E-state index contributed by atoms with van der Waals surface area (Å²) in [6, 6.07) is 2.91. The number of carbonyl (C=O) groups is 1. The molecule has 4 nitrogen and oxygen atoms in total. The fraction of sp³-hybridized carbons (Fsp3) is 0.200. The zero-order valence-electron chi connectivity index (χ0n) is 8.63. The van der Waals surface area contributed by atoms with Gasteiger partial charge in [0.1, 0.15) is 0 Å². The zero-order chi connectivity index (χ0) is 13.1. The van der Waals surface area contributed by atoms with Crippen LogP contribution in [-0.2, 0) is 15.8 Å². The fourth-order valence-corrected chi connectivity index (χ4v) is 1.19. The summed E-state index contributed by atoms with van der Waals surface area (Å²) in [5.74, 6) is -0.496. The lowest BCUT2D eigenvalue weighted by Crippen LogP contribution is -2.09. The van der Waals surface area contributed by atoms with Crippen LogP contribution in [0.3, 0.4) is 0 Å². The standard InChI is InChI=1S/C10H7F3N2O2/c1-6(17)15-7-2-3-9(14-5-16)8(4-7)10(11,12)13/h2-4H,1H3,(H,15,17). The number of nitrogens with zero attached hydrogens (tertiary/aromatic N) is 1. The Morgan fingerprint density at radius 2 is 2.06 bits per heavy atom. The lowest BCUT2D eigenvalue weighted by atomic mass is 10.1. The molecular weight excluding hydrogens is 237 g/mol. The van der Waals surface area contributed by atoms with Gasteiger partial charge in [-0.3, -0.25) is 4.79 Å². The fourth-order valence-electron chi connectivity index (χ4n) is 1.19. The zero-order valence-corrected chi connectivity index (χ0v) is 8.63. The Bertz CT molecular complexity index is 491. The van der Waals surface area contributed by atoms with Crippen molar-refractivity contribution in [2.24, 2.45) is 4.99 Å². The highest BCUT2D eigenvalue weighted by molar-refractivity contribution is 5.89. The number of halogens is 3. The van der Waals surface area contributed by atoms with Gasteiger partial charge in [-0.2, -0.15) is 18.2 Å². The maximum absolute atomic E-state index is 12.6. The number of aliphatic imine (C=N–C) groups is 1. The van der Waals surface area contributed by atoms with Crippen molar-refractivity contribution in [2.75, 3.05) is 5.32 Å². The largest absolute Gasteiger partial charge is 0.418 e. The predicted molar refractivity (Wildman–Crippen MR) is 53.5 cm³/mol. The summed E-state index contributed by atoms with van der Waals surface area (Å²) in [7, 11) is 0. The Morgan fingerprint density at radius 3 is 2.53 bits per heavy atom. The molecule has 1 rings (SSSR count). The maximum Gasteiger partial charge on any atom is 0.418 e. The van der Waals surface area contributed by atoms with E-state index >= 15 is 0 Å². The smallest absolute Gasteiger partial charge is 0.326 e.